The number of benzene rings is 2. The number of nitrogens with zero attached hydrogens (tertiary/aromatic N) is 2. The molecule has 3 heterocycles. The Kier molecular flexibility index (Phi) is 5.75. The molecular weight excluding hydrogens is 450 g/mol. The summed E-state index contributed by atoms with van der Waals surface area (Å²) < 4.78 is 0. The van der Waals surface area contributed by atoms with Gasteiger partial charge in [0.15, 0.2) is 0 Å². The molecule has 1 saturated heterocycles. The minimum Gasteiger partial charge on any atom is -0.507 e. The Morgan fingerprint density at radius 3 is 2.50 bits per heavy atom. The molecule has 6 nitrogen and oxygen atoms in total. The summed E-state index contributed by atoms with van der Waals surface area (Å²) in [5, 5.41) is 12.6. The molecule has 6 heteroatoms. The molecule has 2 N–H and O–H groups in total. The van der Waals surface area contributed by atoms with Crippen LogP contribution in [0.4, 0.5) is 0 Å². The summed E-state index contributed by atoms with van der Waals surface area (Å²) in [6.07, 6.45) is 5.15. The van der Waals surface area contributed by atoms with Gasteiger partial charge in [-0.15, -0.1) is 0 Å². The molecule has 182 valence electrons. The highest BCUT2D eigenvalue weighted by Crippen LogP contribution is 2.43. The van der Waals surface area contributed by atoms with Crippen LogP contribution in [0.15, 0.2) is 78.8 Å². The summed E-state index contributed by atoms with van der Waals surface area (Å²) >= 11 is 0. The number of ketones is 1. The SMILES string of the molecule is Cc1ccc(C(C)(C)C)cc1/C(O)=C1\C(=O)C(=O)N(Cc2ccncc2)C1c1c[nH]c2ccccc12. The number of Topliss-reactive ketones (excluding diaryl/α,β-unsaturated/α-hetero) is 1. The highest BCUT2D eigenvalue weighted by molar-refractivity contribution is 6.46. The maximum absolute atomic E-state index is 13.5. The molecule has 0 radical (unpaired) electrons. The van der Waals surface area contributed by atoms with Crippen LogP contribution in [-0.4, -0.2) is 31.7 Å². The van der Waals surface area contributed by atoms with Crippen molar-refractivity contribution in [2.45, 2.75) is 45.7 Å². The molecule has 5 rings (SSSR count). The number of carbonyl (C=O) groups excluding carboxylic acids is 2. The fraction of sp³-hybridized carbons (Fsp3) is 0.233. The number of hydrogen-bond acceptors (Lipinski definition) is 4. The van der Waals surface area contributed by atoms with Gasteiger partial charge >= 0.3 is 0 Å². The maximum atomic E-state index is 13.5. The monoisotopic (exact) mass is 479 g/mol. The second kappa shape index (κ2) is 8.79. The minimum absolute atomic E-state index is 0.105. The number of aryl methyl sites for hydroxylation is 1. The number of aliphatic hydroxyl groups excluding tert-OH is 1. The van der Waals surface area contributed by atoms with Gasteiger partial charge in [-0.2, -0.15) is 0 Å². The number of H-pyrrole nitrogens is 1. The third kappa shape index (κ3) is 3.98. The standard InChI is InChI=1S/C30H29N3O3/c1-18-9-10-20(30(2,3)4)15-22(18)27(34)25-26(23-16-32-24-8-6-5-7-21(23)24)33(29(36)28(25)35)17-19-11-13-31-14-12-19/h5-16,26,32,34H,17H2,1-4H3/b27-25+. The van der Waals surface area contributed by atoms with Gasteiger partial charge in [0.25, 0.3) is 11.7 Å². The van der Waals surface area contributed by atoms with E-state index >= 15 is 0 Å². The Bertz CT molecular complexity index is 1510. The molecule has 1 amide bonds. The van der Waals surface area contributed by atoms with Gasteiger partial charge in [-0.25, -0.2) is 0 Å². The molecule has 1 aliphatic heterocycles. The first kappa shape index (κ1) is 23.5. The summed E-state index contributed by atoms with van der Waals surface area (Å²) in [6.45, 7) is 8.41. The lowest BCUT2D eigenvalue weighted by atomic mass is 9.84. The molecule has 0 aliphatic carbocycles. The molecule has 0 spiro atoms. The summed E-state index contributed by atoms with van der Waals surface area (Å²) in [5.74, 6) is -1.46. The molecular formula is C30H29N3O3. The zero-order valence-electron chi connectivity index (χ0n) is 20.9. The molecule has 0 saturated carbocycles. The van der Waals surface area contributed by atoms with Gasteiger partial charge in [0.1, 0.15) is 5.76 Å². The molecule has 0 bridgehead atoms. The van der Waals surface area contributed by atoms with E-state index < -0.39 is 17.7 Å². The van der Waals surface area contributed by atoms with E-state index in [1.54, 1.807) is 17.3 Å². The van der Waals surface area contributed by atoms with E-state index in [0.29, 0.717) is 5.56 Å². The van der Waals surface area contributed by atoms with E-state index in [1.165, 1.54) is 0 Å². The normalized spacial score (nSPS) is 17.8. The molecule has 2 aromatic carbocycles. The number of amides is 1. The van der Waals surface area contributed by atoms with Crippen molar-refractivity contribution in [2.24, 2.45) is 0 Å². The molecule has 1 aliphatic rings. The highest BCUT2D eigenvalue weighted by atomic mass is 16.3. The fourth-order valence-electron chi connectivity index (χ4n) is 4.86. The van der Waals surface area contributed by atoms with Crippen molar-refractivity contribution in [2.75, 3.05) is 0 Å². The largest absolute Gasteiger partial charge is 0.507 e. The van der Waals surface area contributed by atoms with Crippen LogP contribution in [0.1, 0.15) is 54.6 Å². The number of carbonyl (C=O) groups is 2. The fourth-order valence-corrected chi connectivity index (χ4v) is 4.86. The van der Waals surface area contributed by atoms with Crippen molar-refractivity contribution in [1.82, 2.24) is 14.9 Å². The summed E-state index contributed by atoms with van der Waals surface area (Å²) in [6, 6.07) is 16.6. The van der Waals surface area contributed by atoms with Gasteiger partial charge < -0.3 is 15.0 Å². The summed E-state index contributed by atoms with van der Waals surface area (Å²) in [5.41, 5.74) is 4.90. The van der Waals surface area contributed by atoms with Gasteiger partial charge in [-0.1, -0.05) is 51.1 Å². The first-order valence-corrected chi connectivity index (χ1v) is 12.0. The van der Waals surface area contributed by atoms with Gasteiger partial charge in [-0.05, 0) is 53.3 Å². The second-order valence-corrected chi connectivity index (χ2v) is 10.4. The molecule has 1 atom stereocenters. The number of nitrogens with one attached hydrogen (secondary N) is 1. The van der Waals surface area contributed by atoms with Crippen molar-refractivity contribution >= 4 is 28.4 Å². The van der Waals surface area contributed by atoms with Crippen LogP contribution < -0.4 is 0 Å². The lowest BCUT2D eigenvalue weighted by molar-refractivity contribution is -0.140. The van der Waals surface area contributed by atoms with Crippen LogP contribution in [0.5, 0.6) is 0 Å². The summed E-state index contributed by atoms with van der Waals surface area (Å²) in [7, 11) is 0. The molecule has 2 aromatic heterocycles. The van der Waals surface area contributed by atoms with Crippen molar-refractivity contribution in [3.05, 3.63) is 107 Å². The number of para-hydroxylation sites is 1. The number of hydrogen-bond donors (Lipinski definition) is 2. The quantitative estimate of drug-likeness (QED) is 0.220. The number of aliphatic hydroxyl groups is 1. The second-order valence-electron chi connectivity index (χ2n) is 10.4. The van der Waals surface area contributed by atoms with Gasteiger partial charge in [0.05, 0.1) is 11.6 Å². The highest BCUT2D eigenvalue weighted by Gasteiger charge is 2.47. The molecule has 1 fully saturated rings. The third-order valence-corrected chi connectivity index (χ3v) is 6.92. The predicted octanol–water partition coefficient (Wildman–Crippen LogP) is 5.79. The Morgan fingerprint density at radius 2 is 1.78 bits per heavy atom. The van der Waals surface area contributed by atoms with Gasteiger partial charge in [-0.3, -0.25) is 14.6 Å². The topological polar surface area (TPSA) is 86.3 Å². The summed E-state index contributed by atoms with van der Waals surface area (Å²) in [4.78, 5) is 35.8. The lowest BCUT2D eigenvalue weighted by Gasteiger charge is -2.25. The van der Waals surface area contributed by atoms with Crippen molar-refractivity contribution in [1.29, 1.82) is 0 Å². The Morgan fingerprint density at radius 1 is 1.06 bits per heavy atom. The van der Waals surface area contributed by atoms with Crippen LogP contribution in [-0.2, 0) is 21.5 Å². The maximum Gasteiger partial charge on any atom is 0.295 e. The molecule has 1 unspecified atom stereocenters. The lowest BCUT2D eigenvalue weighted by Crippen LogP contribution is -2.29. The zero-order valence-corrected chi connectivity index (χ0v) is 20.9. The number of aromatic amines is 1. The number of aromatic nitrogens is 2. The smallest absolute Gasteiger partial charge is 0.295 e. The predicted molar refractivity (Wildman–Crippen MR) is 140 cm³/mol. The average Bonchev–Trinajstić information content (AvgIpc) is 3.38. The van der Waals surface area contributed by atoms with Crippen LogP contribution in [0.2, 0.25) is 0 Å². The Balaban J connectivity index is 1.74. The first-order chi connectivity index (χ1) is 17.2. The van der Waals surface area contributed by atoms with Gasteiger partial charge in [0.2, 0.25) is 0 Å². The van der Waals surface area contributed by atoms with E-state index in [0.717, 1.165) is 33.2 Å². The zero-order chi connectivity index (χ0) is 25.6. The Labute approximate surface area is 210 Å². The number of fused-ring (bicyclic) bond motifs is 1. The third-order valence-electron chi connectivity index (χ3n) is 6.92. The van der Waals surface area contributed by atoms with E-state index in [9.17, 15) is 14.7 Å². The minimum atomic E-state index is -0.744. The average molecular weight is 480 g/mol. The van der Waals surface area contributed by atoms with Crippen molar-refractivity contribution in [3.63, 3.8) is 0 Å². The van der Waals surface area contributed by atoms with E-state index in [2.05, 4.69) is 30.7 Å². The number of likely N-dealkylation sites (tertiary alicyclic amines) is 1. The van der Waals surface area contributed by atoms with Crippen LogP contribution in [0.3, 0.4) is 0 Å². The van der Waals surface area contributed by atoms with Crippen LogP contribution in [0.25, 0.3) is 16.7 Å². The number of rotatable bonds is 4. The Hall–Kier alpha value is -4.19. The van der Waals surface area contributed by atoms with E-state index in [1.807, 2.05) is 67.7 Å². The molecule has 4 aromatic rings. The molecule has 36 heavy (non-hydrogen) atoms. The van der Waals surface area contributed by atoms with Crippen LogP contribution >= 0.6 is 0 Å². The van der Waals surface area contributed by atoms with E-state index in [-0.39, 0.29) is 23.3 Å². The van der Waals surface area contributed by atoms with Crippen molar-refractivity contribution < 1.29 is 14.7 Å². The number of pyridine rings is 1. The van der Waals surface area contributed by atoms with Crippen LogP contribution in [0, 0.1) is 6.92 Å². The van der Waals surface area contributed by atoms with Gasteiger partial charge in [0, 0.05) is 47.2 Å². The van der Waals surface area contributed by atoms with Crippen molar-refractivity contribution in [3.8, 4) is 0 Å². The van der Waals surface area contributed by atoms with E-state index in [4.69, 9.17) is 0 Å². The first-order valence-electron chi connectivity index (χ1n) is 12.0.